The molecule has 4 rings (SSSR count). The Morgan fingerprint density at radius 1 is 1.00 bits per heavy atom. The Morgan fingerprint density at radius 2 is 1.68 bits per heavy atom. The van der Waals surface area contributed by atoms with Crippen molar-refractivity contribution < 1.29 is 17.9 Å². The molecule has 1 aliphatic heterocycles. The van der Waals surface area contributed by atoms with Crippen molar-refractivity contribution in [3.63, 3.8) is 0 Å². The maximum absolute atomic E-state index is 14.5. The Morgan fingerprint density at radius 3 is 2.39 bits per heavy atom. The fraction of sp³-hybridized carbons (Fsp3) is 0.316. The molecule has 0 spiro atoms. The molecule has 1 aliphatic rings. The lowest BCUT2D eigenvalue weighted by molar-refractivity contribution is 0.122. The summed E-state index contributed by atoms with van der Waals surface area (Å²) in [6.07, 6.45) is 0. The van der Waals surface area contributed by atoms with Crippen molar-refractivity contribution >= 4 is 16.7 Å². The Kier molecular flexibility index (Phi) is 4.54. The van der Waals surface area contributed by atoms with E-state index in [0.717, 1.165) is 6.07 Å². The average molecular weight is 390 g/mol. The number of rotatable bonds is 2. The largest absolute Gasteiger partial charge is 0.378 e. The predicted octanol–water partition coefficient (Wildman–Crippen LogP) is 2.56. The van der Waals surface area contributed by atoms with E-state index >= 15 is 0 Å². The fourth-order valence-electron chi connectivity index (χ4n) is 3.21. The molecule has 3 heterocycles. The van der Waals surface area contributed by atoms with Crippen LogP contribution in [0.25, 0.3) is 22.2 Å². The van der Waals surface area contributed by atoms with Gasteiger partial charge in [-0.2, -0.15) is 0 Å². The molecule has 3 aromatic rings. The lowest BCUT2D eigenvalue weighted by Gasteiger charge is -2.28. The molecule has 0 radical (unpaired) electrons. The van der Waals surface area contributed by atoms with E-state index in [2.05, 4.69) is 9.97 Å². The Bertz CT molecular complexity index is 1140. The van der Waals surface area contributed by atoms with Gasteiger partial charge in [0.25, 0.3) is 5.56 Å². The van der Waals surface area contributed by atoms with Crippen LogP contribution < -0.4 is 10.5 Å². The molecule has 0 bridgehead atoms. The summed E-state index contributed by atoms with van der Waals surface area (Å²) in [5, 5.41) is 0.226. The second kappa shape index (κ2) is 6.90. The second-order valence-electron chi connectivity index (χ2n) is 6.59. The molecule has 6 nitrogen and oxygen atoms in total. The van der Waals surface area contributed by atoms with Gasteiger partial charge in [-0.25, -0.2) is 23.1 Å². The van der Waals surface area contributed by atoms with Crippen molar-refractivity contribution in [2.45, 2.75) is 6.92 Å². The number of anilines is 1. The number of pyridine rings is 1. The summed E-state index contributed by atoms with van der Waals surface area (Å²) in [5.41, 5.74) is -0.443. The molecule has 0 amide bonds. The van der Waals surface area contributed by atoms with Gasteiger partial charge in [0.05, 0.1) is 18.6 Å². The van der Waals surface area contributed by atoms with Gasteiger partial charge in [0.15, 0.2) is 11.6 Å². The van der Waals surface area contributed by atoms with E-state index in [0.29, 0.717) is 44.0 Å². The van der Waals surface area contributed by atoms with Crippen molar-refractivity contribution in [3.8, 4) is 11.3 Å². The van der Waals surface area contributed by atoms with Gasteiger partial charge in [0.2, 0.25) is 0 Å². The Hall–Kier alpha value is -2.94. The maximum Gasteiger partial charge on any atom is 0.261 e. The monoisotopic (exact) mass is 390 g/mol. The molecule has 1 saturated heterocycles. The summed E-state index contributed by atoms with van der Waals surface area (Å²) in [6.45, 7) is 3.68. The molecule has 0 unspecified atom stereocenters. The minimum absolute atomic E-state index is 0.00353. The minimum Gasteiger partial charge on any atom is -0.378 e. The standard InChI is InChI=1S/C19H17F3N4O2/c1-10-23-18-12(19(27)25(10)2)8-16(26-3-5-28-6-4-26)24-17(18)11-7-14(21)15(22)9-13(11)20/h7-9H,3-6H2,1-2H3. The number of aryl methyl sites for hydroxylation is 1. The number of hydrogen-bond donors (Lipinski definition) is 0. The van der Waals surface area contributed by atoms with Crippen molar-refractivity contribution in [1.29, 1.82) is 0 Å². The second-order valence-corrected chi connectivity index (χ2v) is 6.59. The van der Waals surface area contributed by atoms with E-state index < -0.39 is 17.5 Å². The van der Waals surface area contributed by atoms with Gasteiger partial charge < -0.3 is 9.64 Å². The molecule has 1 aromatic carbocycles. The molecule has 28 heavy (non-hydrogen) atoms. The Labute approximate surface area is 158 Å². The highest BCUT2D eigenvalue weighted by Crippen LogP contribution is 2.31. The highest BCUT2D eigenvalue weighted by molar-refractivity contribution is 5.93. The topological polar surface area (TPSA) is 60.2 Å². The van der Waals surface area contributed by atoms with Crippen molar-refractivity contribution in [3.05, 3.63) is 51.8 Å². The molecule has 9 heteroatoms. The van der Waals surface area contributed by atoms with Gasteiger partial charge in [-0.3, -0.25) is 9.36 Å². The molecule has 2 aromatic heterocycles. The summed E-state index contributed by atoms with van der Waals surface area (Å²) in [7, 11) is 1.58. The molecule has 146 valence electrons. The van der Waals surface area contributed by atoms with Crippen LogP contribution in [0.4, 0.5) is 19.0 Å². The normalized spacial score (nSPS) is 14.7. The fourth-order valence-corrected chi connectivity index (χ4v) is 3.21. The zero-order valence-corrected chi connectivity index (χ0v) is 15.3. The maximum atomic E-state index is 14.5. The van der Waals surface area contributed by atoms with Gasteiger partial charge >= 0.3 is 0 Å². The molecule has 1 fully saturated rings. The first-order valence-corrected chi connectivity index (χ1v) is 8.73. The van der Waals surface area contributed by atoms with Crippen LogP contribution in [0.2, 0.25) is 0 Å². The zero-order valence-electron chi connectivity index (χ0n) is 15.3. The number of ether oxygens (including phenoxy) is 1. The van der Waals surface area contributed by atoms with Gasteiger partial charge in [-0.05, 0) is 19.1 Å². The summed E-state index contributed by atoms with van der Waals surface area (Å²) in [6, 6.07) is 2.80. The number of hydrogen-bond acceptors (Lipinski definition) is 5. The first-order valence-electron chi connectivity index (χ1n) is 8.73. The van der Waals surface area contributed by atoms with Crippen molar-refractivity contribution in [2.24, 2.45) is 7.05 Å². The predicted molar refractivity (Wildman–Crippen MR) is 97.9 cm³/mol. The van der Waals surface area contributed by atoms with Gasteiger partial charge in [-0.1, -0.05) is 0 Å². The summed E-state index contributed by atoms with van der Waals surface area (Å²) in [4.78, 5) is 23.5. The number of nitrogens with zero attached hydrogens (tertiary/aromatic N) is 4. The van der Waals surface area contributed by atoms with Crippen molar-refractivity contribution in [1.82, 2.24) is 14.5 Å². The van der Waals surface area contributed by atoms with Crippen LogP contribution in [-0.4, -0.2) is 40.8 Å². The van der Waals surface area contributed by atoms with E-state index in [1.54, 1.807) is 20.0 Å². The highest BCUT2D eigenvalue weighted by Gasteiger charge is 2.22. The third-order valence-electron chi connectivity index (χ3n) is 4.87. The smallest absolute Gasteiger partial charge is 0.261 e. The average Bonchev–Trinajstić information content (AvgIpc) is 2.69. The zero-order chi connectivity index (χ0) is 20.0. The third kappa shape index (κ3) is 3.01. The molecule has 0 atom stereocenters. The van der Waals surface area contributed by atoms with Crippen LogP contribution in [-0.2, 0) is 11.8 Å². The lowest BCUT2D eigenvalue weighted by Crippen LogP contribution is -2.37. The first kappa shape index (κ1) is 18.4. The van der Waals surface area contributed by atoms with Crippen LogP contribution in [0, 0.1) is 24.4 Å². The first-order chi connectivity index (χ1) is 13.4. The van der Waals surface area contributed by atoms with E-state index in [4.69, 9.17) is 4.74 Å². The molecule has 0 aliphatic carbocycles. The molecule has 0 N–H and O–H groups in total. The number of aromatic nitrogens is 3. The third-order valence-corrected chi connectivity index (χ3v) is 4.87. The minimum atomic E-state index is -1.30. The highest BCUT2D eigenvalue weighted by atomic mass is 19.2. The molecular weight excluding hydrogens is 373 g/mol. The van der Waals surface area contributed by atoms with E-state index in [1.807, 2.05) is 4.90 Å². The number of benzene rings is 1. The molecular formula is C19H17F3N4O2. The van der Waals surface area contributed by atoms with Crippen LogP contribution in [0.3, 0.4) is 0 Å². The van der Waals surface area contributed by atoms with E-state index in [-0.39, 0.29) is 27.7 Å². The van der Waals surface area contributed by atoms with Crippen LogP contribution in [0.1, 0.15) is 5.82 Å². The van der Waals surface area contributed by atoms with Crippen molar-refractivity contribution in [2.75, 3.05) is 31.2 Å². The SMILES string of the molecule is Cc1nc2c(-c3cc(F)c(F)cc3F)nc(N3CCOCC3)cc2c(=O)n1C. The summed E-state index contributed by atoms with van der Waals surface area (Å²) >= 11 is 0. The van der Waals surface area contributed by atoms with E-state index in [9.17, 15) is 18.0 Å². The number of fused-ring (bicyclic) bond motifs is 1. The van der Waals surface area contributed by atoms with Crippen LogP contribution in [0.15, 0.2) is 23.0 Å². The van der Waals surface area contributed by atoms with Gasteiger partial charge in [0.1, 0.15) is 28.7 Å². The summed E-state index contributed by atoms with van der Waals surface area (Å²) < 4.78 is 48.5. The Balaban J connectivity index is 2.05. The van der Waals surface area contributed by atoms with E-state index in [1.165, 1.54) is 4.57 Å². The lowest BCUT2D eigenvalue weighted by atomic mass is 10.1. The number of morpholine rings is 1. The number of halogens is 3. The van der Waals surface area contributed by atoms with Gasteiger partial charge in [-0.15, -0.1) is 0 Å². The van der Waals surface area contributed by atoms with Crippen LogP contribution in [0.5, 0.6) is 0 Å². The van der Waals surface area contributed by atoms with Gasteiger partial charge in [0, 0.05) is 31.8 Å². The summed E-state index contributed by atoms with van der Waals surface area (Å²) in [5.74, 6) is -2.66. The van der Waals surface area contributed by atoms with Crippen LogP contribution >= 0.6 is 0 Å². The molecule has 0 saturated carbocycles. The quantitative estimate of drug-likeness (QED) is 0.630.